The van der Waals surface area contributed by atoms with E-state index in [1.807, 2.05) is 13.8 Å². The van der Waals surface area contributed by atoms with Crippen LogP contribution in [0.15, 0.2) is 23.1 Å². The highest BCUT2D eigenvalue weighted by atomic mass is 32.2. The van der Waals surface area contributed by atoms with Gasteiger partial charge in [0.05, 0.1) is 10.8 Å². The van der Waals surface area contributed by atoms with Crippen LogP contribution in [-0.2, 0) is 25.0 Å². The fourth-order valence-electron chi connectivity index (χ4n) is 4.40. The number of fused-ring (bicyclic) bond motifs is 1. The molecule has 2 aliphatic heterocycles. The fourth-order valence-corrected chi connectivity index (χ4v) is 6.12. The highest BCUT2D eigenvalue weighted by Crippen LogP contribution is 2.42. The Morgan fingerprint density at radius 3 is 2.59 bits per heavy atom. The molecule has 1 aliphatic carbocycles. The standard InChI is InChI=1S/C21H29N3O4S/c1-21(2)12-19(25)23(3)18-9-8-16(11-17(18)21)29(27,28)24(15-6-7-15)20(26)14-5-4-10-22-13-14/h8-9,11,14-15,22H,4-7,10,12-13H2,1-3H3. The predicted molar refractivity (Wildman–Crippen MR) is 110 cm³/mol. The van der Waals surface area contributed by atoms with Gasteiger partial charge in [-0.2, -0.15) is 0 Å². The monoisotopic (exact) mass is 419 g/mol. The predicted octanol–water partition coefficient (Wildman–Crippen LogP) is 2.01. The number of amides is 2. The molecule has 1 aromatic rings. The van der Waals surface area contributed by atoms with Crippen LogP contribution in [0, 0.1) is 5.92 Å². The molecular formula is C21H29N3O4S. The van der Waals surface area contributed by atoms with Gasteiger partial charge in [-0.05, 0) is 56.0 Å². The summed E-state index contributed by atoms with van der Waals surface area (Å²) < 4.78 is 28.2. The average Bonchev–Trinajstić information content (AvgIpc) is 3.51. The van der Waals surface area contributed by atoms with E-state index in [2.05, 4.69) is 5.32 Å². The molecule has 1 saturated carbocycles. The first kappa shape index (κ1) is 20.3. The van der Waals surface area contributed by atoms with Crippen molar-refractivity contribution in [3.8, 4) is 0 Å². The molecule has 1 saturated heterocycles. The zero-order valence-electron chi connectivity index (χ0n) is 17.3. The summed E-state index contributed by atoms with van der Waals surface area (Å²) in [5, 5.41) is 3.20. The Bertz CT molecular complexity index is 947. The van der Waals surface area contributed by atoms with Crippen LogP contribution in [0.25, 0.3) is 0 Å². The summed E-state index contributed by atoms with van der Waals surface area (Å²) in [4.78, 5) is 27.2. The molecule has 1 unspecified atom stereocenters. The molecule has 2 fully saturated rings. The van der Waals surface area contributed by atoms with Gasteiger partial charge in [0.2, 0.25) is 11.8 Å². The second-order valence-corrected chi connectivity index (χ2v) is 10.9. The van der Waals surface area contributed by atoms with Crippen LogP contribution in [0.4, 0.5) is 5.69 Å². The summed E-state index contributed by atoms with van der Waals surface area (Å²) in [6.07, 6.45) is 3.35. The molecule has 0 bridgehead atoms. The number of sulfonamides is 1. The number of nitrogens with one attached hydrogen (secondary N) is 1. The van der Waals surface area contributed by atoms with Crippen molar-refractivity contribution >= 4 is 27.5 Å². The van der Waals surface area contributed by atoms with Gasteiger partial charge >= 0.3 is 0 Å². The van der Waals surface area contributed by atoms with Crippen molar-refractivity contribution in [1.29, 1.82) is 0 Å². The molecule has 0 aromatic heterocycles. The van der Waals surface area contributed by atoms with E-state index in [4.69, 9.17) is 0 Å². The zero-order valence-corrected chi connectivity index (χ0v) is 18.1. The molecule has 3 aliphatic rings. The molecule has 2 heterocycles. The molecule has 1 aromatic carbocycles. The number of carbonyl (C=O) groups is 2. The smallest absolute Gasteiger partial charge is 0.266 e. The molecule has 158 valence electrons. The Balaban J connectivity index is 1.73. The minimum Gasteiger partial charge on any atom is -0.316 e. The van der Waals surface area contributed by atoms with E-state index in [0.29, 0.717) is 19.4 Å². The van der Waals surface area contributed by atoms with Crippen molar-refractivity contribution in [2.75, 3.05) is 25.0 Å². The van der Waals surface area contributed by atoms with Gasteiger partial charge in [0.1, 0.15) is 0 Å². The lowest BCUT2D eigenvalue weighted by Crippen LogP contribution is -2.46. The van der Waals surface area contributed by atoms with E-state index >= 15 is 0 Å². The van der Waals surface area contributed by atoms with Gasteiger partial charge in [-0.15, -0.1) is 0 Å². The Hall–Kier alpha value is -1.93. The number of piperidine rings is 1. The van der Waals surface area contributed by atoms with Crippen molar-refractivity contribution in [3.63, 3.8) is 0 Å². The Morgan fingerprint density at radius 1 is 1.24 bits per heavy atom. The van der Waals surface area contributed by atoms with Crippen LogP contribution in [0.1, 0.15) is 51.5 Å². The van der Waals surface area contributed by atoms with E-state index in [1.54, 1.807) is 24.1 Å². The van der Waals surface area contributed by atoms with Crippen LogP contribution in [0.2, 0.25) is 0 Å². The van der Waals surface area contributed by atoms with Crippen molar-refractivity contribution in [2.24, 2.45) is 5.92 Å². The van der Waals surface area contributed by atoms with Crippen LogP contribution in [-0.4, -0.2) is 50.7 Å². The van der Waals surface area contributed by atoms with Crippen LogP contribution in [0.5, 0.6) is 0 Å². The van der Waals surface area contributed by atoms with E-state index in [-0.39, 0.29) is 28.7 Å². The third-order valence-electron chi connectivity index (χ3n) is 6.32. The summed E-state index contributed by atoms with van der Waals surface area (Å²) in [6.45, 7) is 5.29. The molecule has 1 atom stereocenters. The second kappa shape index (κ2) is 7.09. The van der Waals surface area contributed by atoms with E-state index in [0.717, 1.165) is 41.4 Å². The van der Waals surface area contributed by atoms with Gasteiger partial charge < -0.3 is 10.2 Å². The highest BCUT2D eigenvalue weighted by molar-refractivity contribution is 7.89. The van der Waals surface area contributed by atoms with E-state index < -0.39 is 15.4 Å². The Labute approximate surface area is 172 Å². The lowest BCUT2D eigenvalue weighted by atomic mass is 9.77. The van der Waals surface area contributed by atoms with Crippen LogP contribution in [0.3, 0.4) is 0 Å². The first-order valence-electron chi connectivity index (χ1n) is 10.3. The molecule has 4 rings (SSSR count). The van der Waals surface area contributed by atoms with Crippen molar-refractivity contribution in [3.05, 3.63) is 23.8 Å². The van der Waals surface area contributed by atoms with E-state index in [1.165, 1.54) is 6.07 Å². The molecule has 0 radical (unpaired) electrons. The summed E-state index contributed by atoms with van der Waals surface area (Å²) >= 11 is 0. The number of benzene rings is 1. The minimum absolute atomic E-state index is 0.0118. The summed E-state index contributed by atoms with van der Waals surface area (Å²) in [6, 6.07) is 4.65. The van der Waals surface area contributed by atoms with Gasteiger partial charge in [0.25, 0.3) is 10.0 Å². The molecule has 2 amide bonds. The van der Waals surface area contributed by atoms with Crippen molar-refractivity contribution in [1.82, 2.24) is 9.62 Å². The zero-order chi connectivity index (χ0) is 21.0. The van der Waals surface area contributed by atoms with E-state index in [9.17, 15) is 18.0 Å². The largest absolute Gasteiger partial charge is 0.316 e. The quantitative estimate of drug-likeness (QED) is 0.807. The maximum Gasteiger partial charge on any atom is 0.266 e. The number of carbonyl (C=O) groups excluding carboxylic acids is 2. The Kier molecular flexibility index (Phi) is 4.98. The molecule has 8 heteroatoms. The van der Waals surface area contributed by atoms with Crippen molar-refractivity contribution in [2.45, 2.75) is 62.3 Å². The first-order valence-corrected chi connectivity index (χ1v) is 11.8. The second-order valence-electron chi connectivity index (χ2n) is 9.11. The van der Waals surface area contributed by atoms with Crippen molar-refractivity contribution < 1.29 is 18.0 Å². The Morgan fingerprint density at radius 2 is 1.97 bits per heavy atom. The maximum atomic E-state index is 13.5. The lowest BCUT2D eigenvalue weighted by Gasteiger charge is -2.37. The topological polar surface area (TPSA) is 86.8 Å². The molecule has 0 spiro atoms. The molecular weight excluding hydrogens is 390 g/mol. The number of nitrogens with zero attached hydrogens (tertiary/aromatic N) is 2. The SMILES string of the molecule is CN1C(=O)CC(C)(C)c2cc(S(=O)(=O)N(C(=O)C3CCCNC3)C3CC3)ccc21. The first-order chi connectivity index (χ1) is 13.6. The van der Waals surface area contributed by atoms with Gasteiger partial charge in [0, 0.05) is 37.2 Å². The summed E-state index contributed by atoms with van der Waals surface area (Å²) in [7, 11) is -2.24. The average molecular weight is 420 g/mol. The van der Waals surface area contributed by atoms with Gasteiger partial charge in [-0.1, -0.05) is 13.8 Å². The van der Waals surface area contributed by atoms with Crippen LogP contribution < -0.4 is 10.2 Å². The van der Waals surface area contributed by atoms with Gasteiger partial charge in [-0.3, -0.25) is 9.59 Å². The number of rotatable bonds is 4. The molecule has 7 nitrogen and oxygen atoms in total. The number of hydrogen-bond donors (Lipinski definition) is 1. The third-order valence-corrected chi connectivity index (χ3v) is 8.17. The molecule has 1 N–H and O–H groups in total. The fraction of sp³-hybridized carbons (Fsp3) is 0.619. The van der Waals surface area contributed by atoms with Gasteiger partial charge in [0.15, 0.2) is 0 Å². The summed E-state index contributed by atoms with van der Waals surface area (Å²) in [5.41, 5.74) is 1.08. The highest BCUT2D eigenvalue weighted by Gasteiger charge is 2.45. The maximum absolute atomic E-state index is 13.5. The number of hydrogen-bond acceptors (Lipinski definition) is 5. The normalized spacial score (nSPS) is 24.2. The van der Waals surface area contributed by atoms with Gasteiger partial charge in [-0.25, -0.2) is 12.7 Å². The molecule has 29 heavy (non-hydrogen) atoms. The summed E-state index contributed by atoms with van der Waals surface area (Å²) in [5.74, 6) is -0.571. The third kappa shape index (κ3) is 3.57. The lowest BCUT2D eigenvalue weighted by molar-refractivity contribution is -0.131. The minimum atomic E-state index is -3.95. The van der Waals surface area contributed by atoms with Crippen LogP contribution >= 0.6 is 0 Å². The number of anilines is 1.